The summed E-state index contributed by atoms with van der Waals surface area (Å²) in [6.07, 6.45) is -6.25. The van der Waals surface area contributed by atoms with E-state index in [1.54, 1.807) is 24.3 Å². The van der Waals surface area contributed by atoms with Gasteiger partial charge in [0.05, 0.1) is 5.56 Å². The molecule has 2 amide bonds. The first-order chi connectivity index (χ1) is 16.1. The van der Waals surface area contributed by atoms with Crippen LogP contribution in [0.5, 0.6) is 5.75 Å². The molecule has 6 nitrogen and oxygen atoms in total. The number of aliphatic hydroxyl groups is 1. The predicted octanol–water partition coefficient (Wildman–Crippen LogP) is 3.53. The van der Waals surface area contributed by atoms with Gasteiger partial charge in [0, 0.05) is 6.42 Å². The molecule has 0 aliphatic heterocycles. The molecule has 0 spiro atoms. The number of nitrogens with two attached hydrogens (primary N) is 1. The molecule has 0 aliphatic carbocycles. The zero-order valence-electron chi connectivity index (χ0n) is 18.0. The normalized spacial score (nSPS) is 13.1. The Morgan fingerprint density at radius 1 is 0.912 bits per heavy atom. The molecule has 3 aromatic rings. The van der Waals surface area contributed by atoms with Gasteiger partial charge in [-0.2, -0.15) is 13.2 Å². The highest BCUT2D eigenvalue weighted by atomic mass is 19.4. The lowest BCUT2D eigenvalue weighted by Gasteiger charge is -2.19. The molecule has 0 radical (unpaired) electrons. The number of amides is 2. The number of rotatable bonds is 9. The lowest BCUT2D eigenvalue weighted by molar-refractivity contribution is -0.137. The van der Waals surface area contributed by atoms with E-state index in [2.05, 4.69) is 5.32 Å². The van der Waals surface area contributed by atoms with Crippen LogP contribution < -0.4 is 15.8 Å². The molecular formula is C25H23F3N2O4. The van der Waals surface area contributed by atoms with Crippen molar-refractivity contribution in [3.05, 3.63) is 101 Å². The van der Waals surface area contributed by atoms with E-state index in [0.717, 1.165) is 29.8 Å². The Labute approximate surface area is 194 Å². The topological polar surface area (TPSA) is 102 Å². The number of alkyl halides is 3. The monoisotopic (exact) mass is 472 g/mol. The molecule has 34 heavy (non-hydrogen) atoms. The summed E-state index contributed by atoms with van der Waals surface area (Å²) in [6, 6.07) is 18.9. The first kappa shape index (κ1) is 24.8. The van der Waals surface area contributed by atoms with Crippen LogP contribution in [-0.2, 0) is 28.8 Å². The molecule has 0 saturated carbocycles. The third-order valence-electron chi connectivity index (χ3n) is 5.07. The van der Waals surface area contributed by atoms with Gasteiger partial charge in [0.15, 0.2) is 6.10 Å². The Morgan fingerprint density at radius 3 is 2.09 bits per heavy atom. The largest absolute Gasteiger partial charge is 0.489 e. The summed E-state index contributed by atoms with van der Waals surface area (Å²) in [6.45, 7) is 0.391. The number of hydrogen-bond donors (Lipinski definition) is 3. The Balaban J connectivity index is 1.59. The van der Waals surface area contributed by atoms with Gasteiger partial charge >= 0.3 is 6.18 Å². The summed E-state index contributed by atoms with van der Waals surface area (Å²) < 4.78 is 43.8. The van der Waals surface area contributed by atoms with Crippen LogP contribution in [0.25, 0.3) is 0 Å². The lowest BCUT2D eigenvalue weighted by atomic mass is 10.0. The van der Waals surface area contributed by atoms with Crippen molar-refractivity contribution in [2.45, 2.75) is 31.3 Å². The second kappa shape index (κ2) is 10.8. The molecule has 3 aromatic carbocycles. The van der Waals surface area contributed by atoms with Gasteiger partial charge in [-0.05, 0) is 41.0 Å². The van der Waals surface area contributed by atoms with Gasteiger partial charge in [-0.15, -0.1) is 0 Å². The fourth-order valence-electron chi connectivity index (χ4n) is 3.18. The minimum Gasteiger partial charge on any atom is -0.489 e. The number of nitrogens with one attached hydrogen (secondary N) is 1. The maximum atomic E-state index is 12.7. The molecule has 0 saturated heterocycles. The van der Waals surface area contributed by atoms with Gasteiger partial charge in [0.25, 0.3) is 5.91 Å². The fraction of sp³-hybridized carbons (Fsp3) is 0.200. The average molecular weight is 472 g/mol. The first-order valence-corrected chi connectivity index (χ1v) is 10.3. The number of primary amides is 1. The van der Waals surface area contributed by atoms with Crippen molar-refractivity contribution >= 4 is 11.8 Å². The van der Waals surface area contributed by atoms with E-state index in [0.29, 0.717) is 17.9 Å². The Morgan fingerprint density at radius 2 is 1.53 bits per heavy atom. The van der Waals surface area contributed by atoms with E-state index in [9.17, 15) is 27.9 Å². The smallest absolute Gasteiger partial charge is 0.416 e. The molecule has 178 valence electrons. The zero-order valence-corrected chi connectivity index (χ0v) is 18.0. The third-order valence-corrected chi connectivity index (χ3v) is 5.07. The van der Waals surface area contributed by atoms with Crippen LogP contribution >= 0.6 is 0 Å². The predicted molar refractivity (Wildman–Crippen MR) is 118 cm³/mol. The van der Waals surface area contributed by atoms with Crippen LogP contribution in [0.15, 0.2) is 78.9 Å². The number of benzene rings is 3. The van der Waals surface area contributed by atoms with Crippen molar-refractivity contribution in [3.63, 3.8) is 0 Å². The van der Waals surface area contributed by atoms with Gasteiger partial charge < -0.3 is 20.9 Å². The summed E-state index contributed by atoms with van der Waals surface area (Å²) in [5.74, 6) is -1.16. The van der Waals surface area contributed by atoms with E-state index in [1.165, 1.54) is 0 Å². The number of ether oxygens (including phenoxy) is 1. The van der Waals surface area contributed by atoms with Crippen molar-refractivity contribution in [2.24, 2.45) is 5.73 Å². The molecule has 0 unspecified atom stereocenters. The highest BCUT2D eigenvalue weighted by molar-refractivity contribution is 5.89. The summed E-state index contributed by atoms with van der Waals surface area (Å²) in [7, 11) is 0. The van der Waals surface area contributed by atoms with Crippen LogP contribution in [0.4, 0.5) is 13.2 Å². The van der Waals surface area contributed by atoms with Crippen molar-refractivity contribution in [2.75, 3.05) is 0 Å². The standard InChI is InChI=1S/C25H23F3N2O4/c26-25(27,28)19-10-8-18(9-11-19)22(31)24(33)30-21(23(29)32)14-16-6-12-20(13-7-16)34-15-17-4-2-1-3-5-17/h1-13,21-22,31H,14-15H2,(H2,29,32)(H,30,33)/t21-,22-/m0/s1. The quantitative estimate of drug-likeness (QED) is 0.444. The third kappa shape index (κ3) is 6.82. The van der Waals surface area contributed by atoms with Gasteiger partial charge in [-0.1, -0.05) is 54.6 Å². The minimum atomic E-state index is -4.54. The maximum absolute atomic E-state index is 12.7. The number of hydrogen-bond acceptors (Lipinski definition) is 4. The van der Waals surface area contributed by atoms with Gasteiger partial charge in [0.2, 0.25) is 5.91 Å². The van der Waals surface area contributed by atoms with Crippen LogP contribution in [0.3, 0.4) is 0 Å². The van der Waals surface area contributed by atoms with Crippen LogP contribution in [-0.4, -0.2) is 23.0 Å². The molecule has 0 bridgehead atoms. The first-order valence-electron chi connectivity index (χ1n) is 10.3. The Bertz CT molecular complexity index is 1100. The van der Waals surface area contributed by atoms with E-state index < -0.39 is 35.7 Å². The molecule has 3 rings (SSSR count). The molecule has 0 fully saturated rings. The number of aliphatic hydroxyl groups excluding tert-OH is 1. The summed E-state index contributed by atoms with van der Waals surface area (Å²) >= 11 is 0. The zero-order chi connectivity index (χ0) is 24.7. The molecule has 9 heteroatoms. The molecule has 2 atom stereocenters. The SMILES string of the molecule is NC(=O)[C@H](Cc1ccc(OCc2ccccc2)cc1)NC(=O)[C@@H](O)c1ccc(C(F)(F)F)cc1. The van der Waals surface area contributed by atoms with Gasteiger partial charge in [-0.3, -0.25) is 9.59 Å². The number of carbonyl (C=O) groups is 2. The van der Waals surface area contributed by atoms with E-state index in [-0.39, 0.29) is 12.0 Å². The molecule has 0 aliphatic rings. The molecule has 0 heterocycles. The van der Waals surface area contributed by atoms with E-state index in [4.69, 9.17) is 10.5 Å². The van der Waals surface area contributed by atoms with Crippen molar-refractivity contribution in [1.29, 1.82) is 0 Å². The van der Waals surface area contributed by atoms with E-state index in [1.807, 2.05) is 30.3 Å². The van der Waals surface area contributed by atoms with Crippen LogP contribution in [0.2, 0.25) is 0 Å². The Hall–Kier alpha value is -3.85. The van der Waals surface area contributed by atoms with Crippen LogP contribution in [0.1, 0.15) is 28.4 Å². The van der Waals surface area contributed by atoms with E-state index >= 15 is 0 Å². The van der Waals surface area contributed by atoms with Gasteiger partial charge in [0.1, 0.15) is 18.4 Å². The van der Waals surface area contributed by atoms with Crippen molar-refractivity contribution < 1.29 is 32.6 Å². The molecule has 0 aromatic heterocycles. The second-order valence-corrected chi connectivity index (χ2v) is 7.61. The van der Waals surface area contributed by atoms with Gasteiger partial charge in [-0.25, -0.2) is 0 Å². The average Bonchev–Trinajstić information content (AvgIpc) is 2.82. The minimum absolute atomic E-state index is 0.0476. The highest BCUT2D eigenvalue weighted by Gasteiger charge is 2.31. The second-order valence-electron chi connectivity index (χ2n) is 7.61. The van der Waals surface area contributed by atoms with Crippen LogP contribution in [0, 0.1) is 0 Å². The summed E-state index contributed by atoms with van der Waals surface area (Å²) in [5.41, 5.74) is 6.13. The maximum Gasteiger partial charge on any atom is 0.416 e. The summed E-state index contributed by atoms with van der Waals surface area (Å²) in [4.78, 5) is 24.2. The Kier molecular flexibility index (Phi) is 7.91. The molecular weight excluding hydrogens is 449 g/mol. The highest BCUT2D eigenvalue weighted by Crippen LogP contribution is 2.30. The lowest BCUT2D eigenvalue weighted by Crippen LogP contribution is -2.47. The number of carbonyl (C=O) groups excluding carboxylic acids is 2. The molecule has 4 N–H and O–H groups in total. The number of halogens is 3. The van der Waals surface area contributed by atoms with Crippen molar-refractivity contribution in [1.82, 2.24) is 5.32 Å². The fourth-order valence-corrected chi connectivity index (χ4v) is 3.18. The van der Waals surface area contributed by atoms with Crippen molar-refractivity contribution in [3.8, 4) is 5.75 Å². The summed E-state index contributed by atoms with van der Waals surface area (Å²) in [5, 5.41) is 12.6.